The highest BCUT2D eigenvalue weighted by molar-refractivity contribution is 5.94. The van der Waals surface area contributed by atoms with Gasteiger partial charge in [0.25, 0.3) is 5.91 Å². The molecule has 0 radical (unpaired) electrons. The van der Waals surface area contributed by atoms with Crippen LogP contribution >= 0.6 is 0 Å². The molecule has 0 bridgehead atoms. The van der Waals surface area contributed by atoms with Crippen molar-refractivity contribution in [2.75, 3.05) is 33.2 Å². The predicted octanol–water partition coefficient (Wildman–Crippen LogP) is 2.10. The summed E-state index contributed by atoms with van der Waals surface area (Å²) in [6.45, 7) is 7.71. The van der Waals surface area contributed by atoms with E-state index in [1.54, 1.807) is 19.9 Å². The molecule has 5 nitrogen and oxygen atoms in total. The third-order valence-corrected chi connectivity index (χ3v) is 5.63. The van der Waals surface area contributed by atoms with Gasteiger partial charge in [-0.3, -0.25) is 9.69 Å². The number of hydrogen-bond acceptors (Lipinski definition) is 4. The zero-order valence-corrected chi connectivity index (χ0v) is 17.4. The monoisotopic (exact) mass is 383 g/mol. The number of benzene rings is 1. The molecular weight excluding hydrogens is 350 g/mol. The molecule has 5 heteroatoms. The third kappa shape index (κ3) is 6.07. The van der Waals surface area contributed by atoms with Gasteiger partial charge >= 0.3 is 0 Å². The second-order valence-electron chi connectivity index (χ2n) is 8.73. The van der Waals surface area contributed by atoms with E-state index in [1.165, 1.54) is 12.8 Å². The molecule has 1 aromatic rings. The molecule has 1 unspecified atom stereocenters. The average molecular weight is 384 g/mol. The van der Waals surface area contributed by atoms with Crippen LogP contribution in [0.3, 0.4) is 0 Å². The van der Waals surface area contributed by atoms with Crippen LogP contribution in [0.1, 0.15) is 55.5 Å². The van der Waals surface area contributed by atoms with E-state index >= 15 is 0 Å². The Labute approximate surface area is 169 Å². The van der Waals surface area contributed by atoms with Gasteiger partial charge in [-0.05, 0) is 84.4 Å². The zero-order chi connectivity index (χ0) is 20.1. The highest BCUT2D eigenvalue weighted by Crippen LogP contribution is 2.21. The van der Waals surface area contributed by atoms with Crippen molar-refractivity contribution in [3.05, 3.63) is 35.4 Å². The molecule has 2 N–H and O–H groups in total. The van der Waals surface area contributed by atoms with Crippen molar-refractivity contribution in [3.63, 3.8) is 0 Å². The number of rotatable bonds is 3. The molecule has 1 atom stereocenters. The molecule has 1 aromatic carbocycles. The van der Waals surface area contributed by atoms with Crippen molar-refractivity contribution in [2.24, 2.45) is 0 Å². The molecule has 28 heavy (non-hydrogen) atoms. The molecule has 152 valence electrons. The summed E-state index contributed by atoms with van der Waals surface area (Å²) in [4.78, 5) is 17.7. The smallest absolute Gasteiger partial charge is 0.251 e. The molecule has 2 saturated heterocycles. The molecule has 1 amide bonds. The number of nitrogens with zero attached hydrogens (tertiary/aromatic N) is 2. The summed E-state index contributed by atoms with van der Waals surface area (Å²) >= 11 is 0. The summed E-state index contributed by atoms with van der Waals surface area (Å²) < 4.78 is 0. The van der Waals surface area contributed by atoms with Gasteiger partial charge in [-0.15, -0.1) is 0 Å². The first-order chi connectivity index (χ1) is 13.3. The van der Waals surface area contributed by atoms with E-state index in [-0.39, 0.29) is 11.9 Å². The maximum atomic E-state index is 12.8. The van der Waals surface area contributed by atoms with Crippen LogP contribution in [0.4, 0.5) is 0 Å². The van der Waals surface area contributed by atoms with Gasteiger partial charge in [0.2, 0.25) is 0 Å². The Morgan fingerprint density at radius 1 is 1.21 bits per heavy atom. The largest absolute Gasteiger partial charge is 0.378 e. The van der Waals surface area contributed by atoms with Crippen molar-refractivity contribution in [3.8, 4) is 11.8 Å². The molecule has 2 heterocycles. The topological polar surface area (TPSA) is 55.8 Å². The number of amides is 1. The number of aliphatic hydroxyl groups is 1. The highest BCUT2D eigenvalue weighted by Gasteiger charge is 2.28. The lowest BCUT2D eigenvalue weighted by Gasteiger charge is -2.41. The van der Waals surface area contributed by atoms with E-state index in [2.05, 4.69) is 34.0 Å². The number of carbonyl (C=O) groups is 1. The minimum Gasteiger partial charge on any atom is -0.378 e. The van der Waals surface area contributed by atoms with Crippen LogP contribution < -0.4 is 5.32 Å². The number of piperidine rings is 2. The van der Waals surface area contributed by atoms with Gasteiger partial charge in [-0.25, -0.2) is 0 Å². The van der Waals surface area contributed by atoms with Crippen LogP contribution in [0.15, 0.2) is 24.3 Å². The zero-order valence-electron chi connectivity index (χ0n) is 17.4. The van der Waals surface area contributed by atoms with Gasteiger partial charge in [0.1, 0.15) is 5.60 Å². The van der Waals surface area contributed by atoms with Gasteiger partial charge < -0.3 is 15.3 Å². The maximum absolute atomic E-state index is 12.8. The summed E-state index contributed by atoms with van der Waals surface area (Å²) in [6, 6.07) is 8.17. The summed E-state index contributed by atoms with van der Waals surface area (Å²) in [5.41, 5.74) is 0.322. The normalized spacial score (nSPS) is 22.4. The van der Waals surface area contributed by atoms with Crippen LogP contribution in [0, 0.1) is 11.8 Å². The molecule has 0 saturated carbocycles. The summed E-state index contributed by atoms with van der Waals surface area (Å²) in [5.74, 6) is 5.70. The minimum absolute atomic E-state index is 0.0397. The SMILES string of the molecule is CN1CCC(N2CCCC(NC(=O)c3cccc(C#CC(C)(C)O)c3)C2)CC1. The molecule has 2 aliphatic heterocycles. The lowest BCUT2D eigenvalue weighted by molar-refractivity contribution is 0.0766. The number of likely N-dealkylation sites (tertiary alicyclic amines) is 2. The van der Waals surface area contributed by atoms with E-state index in [0.717, 1.165) is 44.6 Å². The Hall–Kier alpha value is -1.87. The molecule has 2 fully saturated rings. The van der Waals surface area contributed by atoms with Crippen molar-refractivity contribution in [1.82, 2.24) is 15.1 Å². The van der Waals surface area contributed by atoms with Gasteiger partial charge in [0.05, 0.1) is 0 Å². The Morgan fingerprint density at radius 2 is 1.96 bits per heavy atom. The van der Waals surface area contributed by atoms with Crippen molar-refractivity contribution < 1.29 is 9.90 Å². The van der Waals surface area contributed by atoms with Crippen LogP contribution in [0.5, 0.6) is 0 Å². The second kappa shape index (κ2) is 9.09. The van der Waals surface area contributed by atoms with E-state index < -0.39 is 5.60 Å². The van der Waals surface area contributed by atoms with Crippen molar-refractivity contribution >= 4 is 5.91 Å². The van der Waals surface area contributed by atoms with Crippen LogP contribution in [0.25, 0.3) is 0 Å². The molecule has 0 aromatic heterocycles. The number of nitrogens with one attached hydrogen (secondary N) is 1. The van der Waals surface area contributed by atoms with E-state index in [1.807, 2.05) is 18.2 Å². The van der Waals surface area contributed by atoms with Gasteiger partial charge in [0, 0.05) is 29.8 Å². The minimum atomic E-state index is -1.04. The fourth-order valence-corrected chi connectivity index (χ4v) is 4.05. The molecule has 0 aliphatic carbocycles. The Balaban J connectivity index is 1.59. The third-order valence-electron chi connectivity index (χ3n) is 5.63. The Morgan fingerprint density at radius 3 is 2.68 bits per heavy atom. The Kier molecular flexibility index (Phi) is 6.77. The van der Waals surface area contributed by atoms with E-state index in [4.69, 9.17) is 0 Å². The maximum Gasteiger partial charge on any atom is 0.251 e. The van der Waals surface area contributed by atoms with Gasteiger partial charge in [-0.1, -0.05) is 17.9 Å². The molecule has 2 aliphatic rings. The Bertz CT molecular complexity index is 736. The standard InChI is InChI=1S/C23H33N3O2/c1-23(2,28)12-9-18-6-4-7-19(16-18)22(27)24-20-8-5-13-26(17-20)21-10-14-25(3)15-11-21/h4,6-7,16,20-21,28H,5,8,10-11,13-15,17H2,1-3H3,(H,24,27). The van der Waals surface area contributed by atoms with E-state index in [0.29, 0.717) is 11.6 Å². The molecular formula is C23H33N3O2. The highest BCUT2D eigenvalue weighted by atomic mass is 16.3. The number of carbonyl (C=O) groups excluding carboxylic acids is 1. The van der Waals surface area contributed by atoms with Gasteiger partial charge in [-0.2, -0.15) is 0 Å². The average Bonchev–Trinajstić information content (AvgIpc) is 2.67. The first-order valence-electron chi connectivity index (χ1n) is 10.4. The predicted molar refractivity (Wildman–Crippen MR) is 112 cm³/mol. The first-order valence-corrected chi connectivity index (χ1v) is 10.4. The summed E-state index contributed by atoms with van der Waals surface area (Å²) in [7, 11) is 2.19. The molecule has 0 spiro atoms. The lowest BCUT2D eigenvalue weighted by atomic mass is 9.98. The van der Waals surface area contributed by atoms with Crippen LogP contribution in [-0.4, -0.2) is 71.7 Å². The summed E-state index contributed by atoms with van der Waals surface area (Å²) in [5, 5.41) is 13.0. The first kappa shape index (κ1) is 20.9. The second-order valence-corrected chi connectivity index (χ2v) is 8.73. The number of hydrogen-bond donors (Lipinski definition) is 2. The lowest BCUT2D eigenvalue weighted by Crippen LogP contribution is -2.53. The fourth-order valence-electron chi connectivity index (χ4n) is 4.05. The quantitative estimate of drug-likeness (QED) is 0.785. The van der Waals surface area contributed by atoms with Crippen molar-refractivity contribution in [1.29, 1.82) is 0 Å². The van der Waals surface area contributed by atoms with Crippen LogP contribution in [0.2, 0.25) is 0 Å². The van der Waals surface area contributed by atoms with Gasteiger partial charge in [0.15, 0.2) is 0 Å². The fraction of sp³-hybridized carbons (Fsp3) is 0.609. The van der Waals surface area contributed by atoms with Crippen molar-refractivity contribution in [2.45, 2.75) is 57.2 Å². The summed E-state index contributed by atoms with van der Waals surface area (Å²) in [6.07, 6.45) is 4.61. The van der Waals surface area contributed by atoms with Crippen LogP contribution in [-0.2, 0) is 0 Å². The molecule has 3 rings (SSSR count). The van der Waals surface area contributed by atoms with E-state index in [9.17, 15) is 9.90 Å².